The minimum atomic E-state index is -4.46. The van der Waals surface area contributed by atoms with Crippen molar-refractivity contribution in [3.05, 3.63) is 37.0 Å². The van der Waals surface area contributed by atoms with Gasteiger partial charge in [-0.3, -0.25) is 4.52 Å². The Kier molecular flexibility index (Phi) is 16.9. The van der Waals surface area contributed by atoms with Crippen LogP contribution in [0.1, 0.15) is 13.8 Å². The van der Waals surface area contributed by atoms with E-state index in [4.69, 9.17) is 14.9 Å². The molecular formula is C14H23O10P. The van der Waals surface area contributed by atoms with E-state index in [1.165, 1.54) is 14.0 Å². The standard InChI is InChI=1S/C6H11O6P.C5H8O2.C3H4O2/c1-5(2)6(7)11-3-4-12-13(8,9)10;1-4(2)5(6)7-3;1-2-3(4)5/h1,3-4H2,2H3,(H2,8,9,10);1H2,2-3H3;2H,1H2,(H,4,5). The van der Waals surface area contributed by atoms with Crippen LogP contribution in [0.5, 0.6) is 0 Å². The summed E-state index contributed by atoms with van der Waals surface area (Å²) >= 11 is 0. The van der Waals surface area contributed by atoms with Crippen LogP contribution in [0.25, 0.3) is 0 Å². The number of esters is 2. The van der Waals surface area contributed by atoms with Crippen molar-refractivity contribution in [2.24, 2.45) is 0 Å². The molecule has 0 aliphatic heterocycles. The first-order chi connectivity index (χ1) is 11.3. The molecule has 144 valence electrons. The van der Waals surface area contributed by atoms with Crippen molar-refractivity contribution in [3.8, 4) is 0 Å². The van der Waals surface area contributed by atoms with E-state index in [1.807, 2.05) is 0 Å². The molecule has 0 radical (unpaired) electrons. The molecule has 3 N–H and O–H groups in total. The van der Waals surface area contributed by atoms with Crippen LogP contribution in [0.15, 0.2) is 37.0 Å². The number of rotatable bonds is 7. The zero-order chi connectivity index (χ0) is 20.6. The second-order valence-electron chi connectivity index (χ2n) is 4.05. The van der Waals surface area contributed by atoms with Gasteiger partial charge >= 0.3 is 25.7 Å². The molecule has 0 aliphatic carbocycles. The highest BCUT2D eigenvalue weighted by Crippen LogP contribution is 2.35. The molecule has 11 heteroatoms. The average Bonchev–Trinajstić information content (AvgIpc) is 2.50. The van der Waals surface area contributed by atoms with Gasteiger partial charge in [0.1, 0.15) is 6.61 Å². The third-order valence-electron chi connectivity index (χ3n) is 1.63. The summed E-state index contributed by atoms with van der Waals surface area (Å²) in [5.74, 6) is -1.95. The monoisotopic (exact) mass is 382 g/mol. The predicted octanol–water partition coefficient (Wildman–Crippen LogP) is 1.21. The van der Waals surface area contributed by atoms with Crippen LogP contribution in [0.4, 0.5) is 0 Å². The first kappa shape index (κ1) is 27.6. The Hall–Kier alpha value is -2.26. The molecule has 0 unspecified atom stereocenters. The molecule has 0 aromatic heterocycles. The van der Waals surface area contributed by atoms with Gasteiger partial charge in [0, 0.05) is 17.2 Å². The molecule has 0 heterocycles. The minimum absolute atomic E-state index is 0.212. The molecule has 10 nitrogen and oxygen atoms in total. The number of aliphatic carboxylic acids is 1. The summed E-state index contributed by atoms with van der Waals surface area (Å²) in [6, 6.07) is 0. The summed E-state index contributed by atoms with van der Waals surface area (Å²) in [6.45, 7) is 12.1. The lowest BCUT2D eigenvalue weighted by molar-refractivity contribution is -0.140. The van der Waals surface area contributed by atoms with Gasteiger partial charge in [-0.15, -0.1) is 0 Å². The summed E-state index contributed by atoms with van der Waals surface area (Å²) in [5, 5.41) is 7.60. The van der Waals surface area contributed by atoms with Crippen LogP contribution in [0.3, 0.4) is 0 Å². The first-order valence-electron chi connectivity index (χ1n) is 6.40. The van der Waals surface area contributed by atoms with Gasteiger partial charge in [0.05, 0.1) is 13.7 Å². The fraction of sp³-hybridized carbons (Fsp3) is 0.357. The number of phosphoric acid groups is 1. The zero-order valence-electron chi connectivity index (χ0n) is 14.3. The maximum absolute atomic E-state index is 10.7. The van der Waals surface area contributed by atoms with Gasteiger partial charge in [-0.25, -0.2) is 18.9 Å². The van der Waals surface area contributed by atoms with Crippen molar-refractivity contribution in [1.29, 1.82) is 0 Å². The highest BCUT2D eigenvalue weighted by Gasteiger charge is 2.13. The van der Waals surface area contributed by atoms with E-state index in [1.54, 1.807) is 6.92 Å². The van der Waals surface area contributed by atoms with Gasteiger partial charge in [0.2, 0.25) is 0 Å². The molecule has 0 atom stereocenters. The van der Waals surface area contributed by atoms with E-state index in [-0.39, 0.29) is 24.8 Å². The summed E-state index contributed by atoms with van der Waals surface area (Å²) in [7, 11) is -3.13. The third kappa shape index (κ3) is 26.9. The molecule has 0 fully saturated rings. The van der Waals surface area contributed by atoms with Crippen molar-refractivity contribution in [1.82, 2.24) is 0 Å². The number of ether oxygens (including phenoxy) is 2. The number of carboxylic acids is 1. The third-order valence-corrected chi connectivity index (χ3v) is 2.15. The van der Waals surface area contributed by atoms with Crippen LogP contribution in [-0.4, -0.2) is 53.1 Å². The largest absolute Gasteiger partial charge is 0.478 e. The van der Waals surface area contributed by atoms with Gasteiger partial charge in [0.15, 0.2) is 0 Å². The topological polar surface area (TPSA) is 157 Å². The smallest absolute Gasteiger partial charge is 0.469 e. The summed E-state index contributed by atoms with van der Waals surface area (Å²) in [6.07, 6.45) is 0.833. The lowest BCUT2D eigenvalue weighted by Gasteiger charge is -2.05. The molecule has 0 aliphatic rings. The number of hydrogen-bond acceptors (Lipinski definition) is 7. The lowest BCUT2D eigenvalue weighted by atomic mass is 10.4. The molecule has 0 bridgehead atoms. The summed E-state index contributed by atoms with van der Waals surface area (Å²) in [5.41, 5.74) is 0.652. The molecule has 0 spiro atoms. The van der Waals surface area contributed by atoms with E-state index in [9.17, 15) is 18.9 Å². The quantitative estimate of drug-likeness (QED) is 0.253. The van der Waals surface area contributed by atoms with Gasteiger partial charge in [-0.2, -0.15) is 0 Å². The Labute approximate surface area is 145 Å². The molecular weight excluding hydrogens is 359 g/mol. The van der Waals surface area contributed by atoms with E-state index in [2.05, 4.69) is 33.7 Å². The van der Waals surface area contributed by atoms with Crippen molar-refractivity contribution in [3.63, 3.8) is 0 Å². The number of carbonyl (C=O) groups is 3. The van der Waals surface area contributed by atoms with E-state index in [0.717, 1.165) is 6.08 Å². The van der Waals surface area contributed by atoms with E-state index < -0.39 is 19.8 Å². The van der Waals surface area contributed by atoms with Crippen molar-refractivity contribution in [2.75, 3.05) is 20.3 Å². The summed E-state index contributed by atoms with van der Waals surface area (Å²) in [4.78, 5) is 46.6. The lowest BCUT2D eigenvalue weighted by Crippen LogP contribution is -2.10. The van der Waals surface area contributed by atoms with Gasteiger partial charge in [-0.1, -0.05) is 19.7 Å². The van der Waals surface area contributed by atoms with E-state index >= 15 is 0 Å². The molecule has 0 aromatic carbocycles. The molecule has 0 saturated heterocycles. The Morgan fingerprint density at radius 2 is 1.44 bits per heavy atom. The maximum atomic E-state index is 10.7. The molecule has 0 aromatic rings. The first-order valence-corrected chi connectivity index (χ1v) is 7.93. The van der Waals surface area contributed by atoms with Gasteiger partial charge in [0.25, 0.3) is 0 Å². The average molecular weight is 382 g/mol. The van der Waals surface area contributed by atoms with Crippen LogP contribution in [-0.2, 0) is 32.9 Å². The SMILES string of the molecule is C=C(C)C(=O)OC.C=C(C)C(=O)OCCOP(=O)(O)O.C=CC(=O)O. The van der Waals surface area contributed by atoms with Crippen molar-refractivity contribution in [2.45, 2.75) is 13.8 Å². The van der Waals surface area contributed by atoms with Gasteiger partial charge in [-0.05, 0) is 13.8 Å². The Morgan fingerprint density at radius 1 is 1.04 bits per heavy atom. The predicted molar refractivity (Wildman–Crippen MR) is 88.4 cm³/mol. The van der Waals surface area contributed by atoms with Crippen LogP contribution < -0.4 is 0 Å². The molecule has 25 heavy (non-hydrogen) atoms. The highest BCUT2D eigenvalue weighted by molar-refractivity contribution is 7.46. The Morgan fingerprint density at radius 3 is 1.64 bits per heavy atom. The number of carboxylic acid groups (broad SMARTS) is 1. The Bertz CT molecular complexity index is 532. The number of hydrogen-bond donors (Lipinski definition) is 3. The molecule has 0 saturated carbocycles. The zero-order valence-corrected chi connectivity index (χ0v) is 15.2. The van der Waals surface area contributed by atoms with Crippen molar-refractivity contribution >= 4 is 25.7 Å². The molecule has 0 rings (SSSR count). The number of carbonyl (C=O) groups excluding carboxylic acids is 2. The van der Waals surface area contributed by atoms with Gasteiger partial charge < -0.3 is 24.4 Å². The van der Waals surface area contributed by atoms with Crippen LogP contribution >= 0.6 is 7.82 Å². The molecule has 0 amide bonds. The second kappa shape index (κ2) is 15.3. The fourth-order valence-corrected chi connectivity index (χ4v) is 0.900. The van der Waals surface area contributed by atoms with Crippen LogP contribution in [0, 0.1) is 0 Å². The highest BCUT2D eigenvalue weighted by atomic mass is 31.2. The second-order valence-corrected chi connectivity index (χ2v) is 5.29. The number of methoxy groups -OCH3 is 1. The normalized spacial score (nSPS) is 9.16. The van der Waals surface area contributed by atoms with Crippen LogP contribution in [0.2, 0.25) is 0 Å². The minimum Gasteiger partial charge on any atom is -0.478 e. The number of phosphoric ester groups is 1. The summed E-state index contributed by atoms with van der Waals surface area (Å²) < 4.78 is 22.9. The Balaban J connectivity index is -0.000000337. The van der Waals surface area contributed by atoms with E-state index in [0.29, 0.717) is 5.57 Å². The maximum Gasteiger partial charge on any atom is 0.469 e. The van der Waals surface area contributed by atoms with Crippen molar-refractivity contribution < 1.29 is 47.8 Å². The fourth-order valence-electron chi connectivity index (χ4n) is 0.588.